The minimum atomic E-state index is 0.798. The summed E-state index contributed by atoms with van der Waals surface area (Å²) >= 11 is 0. The Bertz CT molecular complexity index is 682. The zero-order valence-corrected chi connectivity index (χ0v) is 9.75. The molecule has 2 aromatic carbocycles. The summed E-state index contributed by atoms with van der Waals surface area (Å²) < 4.78 is 0. The van der Waals surface area contributed by atoms with E-state index >= 15 is 0 Å². The molecular weight excluding hydrogens is 210 g/mol. The summed E-state index contributed by atoms with van der Waals surface area (Å²) in [5.41, 5.74) is 10.1. The van der Waals surface area contributed by atoms with E-state index < -0.39 is 0 Å². The third kappa shape index (κ3) is 1.60. The number of aromatic nitrogens is 1. The number of hydrogen-bond acceptors (Lipinski definition) is 2. The molecule has 0 saturated carbocycles. The van der Waals surface area contributed by atoms with E-state index in [1.54, 1.807) is 0 Å². The molecule has 17 heavy (non-hydrogen) atoms. The molecular formula is C14H15N3. The molecule has 0 saturated heterocycles. The van der Waals surface area contributed by atoms with Gasteiger partial charge in [0.15, 0.2) is 0 Å². The Kier molecular flexibility index (Phi) is 2.18. The van der Waals surface area contributed by atoms with Crippen molar-refractivity contribution in [3.63, 3.8) is 0 Å². The summed E-state index contributed by atoms with van der Waals surface area (Å²) in [7, 11) is 0. The van der Waals surface area contributed by atoms with Gasteiger partial charge in [0.1, 0.15) is 0 Å². The molecule has 0 radical (unpaired) electrons. The predicted molar refractivity (Wildman–Crippen MR) is 74.4 cm³/mol. The smallest absolute Gasteiger partial charge is 0.0466 e. The van der Waals surface area contributed by atoms with Crippen LogP contribution < -0.4 is 11.1 Å². The number of H-pyrrole nitrogens is 1. The van der Waals surface area contributed by atoms with E-state index in [2.05, 4.69) is 35.4 Å². The molecule has 3 nitrogen and oxygen atoms in total. The van der Waals surface area contributed by atoms with Gasteiger partial charge in [-0.05, 0) is 43.3 Å². The monoisotopic (exact) mass is 225 g/mol. The fraction of sp³-hybridized carbons (Fsp3) is 0.143. The van der Waals surface area contributed by atoms with Gasteiger partial charge in [0.2, 0.25) is 0 Å². The van der Waals surface area contributed by atoms with E-state index in [-0.39, 0.29) is 0 Å². The predicted octanol–water partition coefficient (Wildman–Crippen LogP) is 3.34. The number of anilines is 2. The molecule has 0 spiro atoms. The van der Waals surface area contributed by atoms with Crippen LogP contribution in [0.3, 0.4) is 0 Å². The van der Waals surface area contributed by atoms with Crippen LogP contribution in [0.1, 0.15) is 6.92 Å². The van der Waals surface area contributed by atoms with Gasteiger partial charge >= 0.3 is 0 Å². The van der Waals surface area contributed by atoms with Crippen LogP contribution in [0.15, 0.2) is 36.4 Å². The van der Waals surface area contributed by atoms with Crippen molar-refractivity contribution in [3.05, 3.63) is 36.4 Å². The van der Waals surface area contributed by atoms with E-state index in [1.807, 2.05) is 18.2 Å². The first-order chi connectivity index (χ1) is 8.28. The Balaban J connectivity index is 2.31. The zero-order valence-electron chi connectivity index (χ0n) is 9.75. The van der Waals surface area contributed by atoms with Crippen molar-refractivity contribution < 1.29 is 0 Å². The topological polar surface area (TPSA) is 53.8 Å². The van der Waals surface area contributed by atoms with E-state index in [1.165, 1.54) is 10.8 Å². The van der Waals surface area contributed by atoms with Gasteiger partial charge < -0.3 is 16.0 Å². The molecule has 1 heterocycles. The van der Waals surface area contributed by atoms with E-state index in [0.29, 0.717) is 0 Å². The first-order valence-electron chi connectivity index (χ1n) is 5.83. The molecule has 3 aromatic rings. The average molecular weight is 225 g/mol. The average Bonchev–Trinajstić information content (AvgIpc) is 2.67. The third-order valence-electron chi connectivity index (χ3n) is 3.00. The zero-order chi connectivity index (χ0) is 11.8. The fourth-order valence-corrected chi connectivity index (χ4v) is 2.23. The molecule has 0 amide bonds. The van der Waals surface area contributed by atoms with Crippen LogP contribution in [0.2, 0.25) is 0 Å². The number of rotatable bonds is 2. The minimum absolute atomic E-state index is 0.798. The quantitative estimate of drug-likeness (QED) is 0.586. The maximum atomic E-state index is 5.84. The molecule has 4 N–H and O–H groups in total. The highest BCUT2D eigenvalue weighted by Gasteiger charge is 2.04. The summed E-state index contributed by atoms with van der Waals surface area (Å²) in [5.74, 6) is 0. The molecule has 86 valence electrons. The molecule has 0 aliphatic rings. The van der Waals surface area contributed by atoms with Crippen LogP contribution in [-0.2, 0) is 0 Å². The molecule has 0 unspecified atom stereocenters. The van der Waals surface area contributed by atoms with Crippen molar-refractivity contribution in [2.24, 2.45) is 0 Å². The third-order valence-corrected chi connectivity index (χ3v) is 3.00. The van der Waals surface area contributed by atoms with E-state index in [4.69, 9.17) is 5.73 Å². The van der Waals surface area contributed by atoms with Crippen molar-refractivity contribution in [3.8, 4) is 0 Å². The molecule has 3 rings (SSSR count). The first-order valence-corrected chi connectivity index (χ1v) is 5.83. The highest BCUT2D eigenvalue weighted by atomic mass is 14.8. The van der Waals surface area contributed by atoms with Gasteiger partial charge in [-0.2, -0.15) is 0 Å². The molecule has 3 heteroatoms. The molecule has 0 aliphatic carbocycles. The maximum absolute atomic E-state index is 5.84. The molecule has 0 fully saturated rings. The first kappa shape index (κ1) is 10.0. The SMILES string of the molecule is CCNc1ccc2[nH]c3ccc(N)cc3c2c1. The lowest BCUT2D eigenvalue weighted by molar-refractivity contribution is 1.21. The van der Waals surface area contributed by atoms with Gasteiger partial charge in [-0.15, -0.1) is 0 Å². The number of nitrogen functional groups attached to an aromatic ring is 1. The van der Waals surface area contributed by atoms with Crippen molar-refractivity contribution in [1.29, 1.82) is 0 Å². The highest BCUT2D eigenvalue weighted by molar-refractivity contribution is 6.09. The normalized spacial score (nSPS) is 11.1. The Morgan fingerprint density at radius 1 is 1.06 bits per heavy atom. The Labute approximate surface area is 99.6 Å². The van der Waals surface area contributed by atoms with Crippen LogP contribution in [-0.4, -0.2) is 11.5 Å². The lowest BCUT2D eigenvalue weighted by atomic mass is 10.1. The number of nitrogens with one attached hydrogen (secondary N) is 2. The van der Waals surface area contributed by atoms with Crippen molar-refractivity contribution in [1.82, 2.24) is 4.98 Å². The van der Waals surface area contributed by atoms with Gasteiger partial charge in [0, 0.05) is 39.7 Å². The number of nitrogens with two attached hydrogens (primary N) is 1. The van der Waals surface area contributed by atoms with Crippen LogP contribution >= 0.6 is 0 Å². The Hall–Kier alpha value is -2.16. The summed E-state index contributed by atoms with van der Waals surface area (Å²) in [5, 5.41) is 5.72. The van der Waals surface area contributed by atoms with Gasteiger partial charge in [-0.25, -0.2) is 0 Å². The van der Waals surface area contributed by atoms with Crippen LogP contribution in [0, 0.1) is 0 Å². The second-order valence-electron chi connectivity index (χ2n) is 4.22. The summed E-state index contributed by atoms with van der Waals surface area (Å²) in [6.45, 7) is 3.02. The molecule has 0 atom stereocenters. The minimum Gasteiger partial charge on any atom is -0.399 e. The van der Waals surface area contributed by atoms with E-state index in [0.717, 1.165) is 29.0 Å². The van der Waals surface area contributed by atoms with E-state index in [9.17, 15) is 0 Å². The van der Waals surface area contributed by atoms with Gasteiger partial charge in [-0.3, -0.25) is 0 Å². The largest absolute Gasteiger partial charge is 0.399 e. The molecule has 0 bridgehead atoms. The number of fused-ring (bicyclic) bond motifs is 3. The summed E-state index contributed by atoms with van der Waals surface area (Å²) in [6.07, 6.45) is 0. The Morgan fingerprint density at radius 2 is 1.76 bits per heavy atom. The van der Waals surface area contributed by atoms with Crippen LogP contribution in [0.25, 0.3) is 21.8 Å². The highest BCUT2D eigenvalue weighted by Crippen LogP contribution is 2.29. The van der Waals surface area contributed by atoms with Crippen LogP contribution in [0.5, 0.6) is 0 Å². The Morgan fingerprint density at radius 3 is 2.53 bits per heavy atom. The molecule has 0 aliphatic heterocycles. The second kappa shape index (κ2) is 3.70. The van der Waals surface area contributed by atoms with Crippen molar-refractivity contribution in [2.75, 3.05) is 17.6 Å². The second-order valence-corrected chi connectivity index (χ2v) is 4.22. The lowest BCUT2D eigenvalue weighted by Gasteiger charge is -2.02. The maximum Gasteiger partial charge on any atom is 0.0466 e. The number of aromatic amines is 1. The van der Waals surface area contributed by atoms with Gasteiger partial charge in [0.25, 0.3) is 0 Å². The lowest BCUT2D eigenvalue weighted by Crippen LogP contribution is -1.95. The summed E-state index contributed by atoms with van der Waals surface area (Å²) in [4.78, 5) is 3.39. The van der Waals surface area contributed by atoms with Gasteiger partial charge in [0.05, 0.1) is 0 Å². The number of benzene rings is 2. The van der Waals surface area contributed by atoms with Crippen LogP contribution in [0.4, 0.5) is 11.4 Å². The van der Waals surface area contributed by atoms with Gasteiger partial charge in [-0.1, -0.05) is 0 Å². The number of hydrogen-bond donors (Lipinski definition) is 3. The van der Waals surface area contributed by atoms with Crippen molar-refractivity contribution >= 4 is 33.2 Å². The fourth-order valence-electron chi connectivity index (χ4n) is 2.23. The standard InChI is InChI=1S/C14H15N3/c1-2-16-10-4-6-14-12(8-10)11-7-9(15)3-5-13(11)17-14/h3-8,16-17H,2,15H2,1H3. The summed E-state index contributed by atoms with van der Waals surface area (Å²) in [6, 6.07) is 12.3. The van der Waals surface area contributed by atoms with Crippen molar-refractivity contribution in [2.45, 2.75) is 6.92 Å². The molecule has 1 aromatic heterocycles.